The zero-order chi connectivity index (χ0) is 20.3. The van der Waals surface area contributed by atoms with E-state index in [1.54, 1.807) is 29.2 Å². The summed E-state index contributed by atoms with van der Waals surface area (Å²) in [6.07, 6.45) is 4.86. The van der Waals surface area contributed by atoms with Gasteiger partial charge in [-0.05, 0) is 23.3 Å². The Balaban J connectivity index is 1.34. The van der Waals surface area contributed by atoms with Crippen molar-refractivity contribution < 1.29 is 9.23 Å². The fourth-order valence-corrected chi connectivity index (χ4v) is 3.09. The fourth-order valence-electron chi connectivity index (χ4n) is 3.09. The Labute approximate surface area is 170 Å². The predicted octanol–water partition coefficient (Wildman–Crippen LogP) is 3.21. The van der Waals surface area contributed by atoms with Crippen LogP contribution in [0.2, 0.25) is 0 Å². The van der Waals surface area contributed by atoms with E-state index in [1.807, 2.05) is 35.0 Å². The summed E-state index contributed by atoms with van der Waals surface area (Å²) >= 11 is 0. The van der Waals surface area contributed by atoms with E-state index < -0.39 is 0 Å². The van der Waals surface area contributed by atoms with Gasteiger partial charge >= 0.3 is 0 Å². The van der Waals surface area contributed by atoms with Crippen LogP contribution in [0, 0.1) is 5.82 Å². The van der Waals surface area contributed by atoms with Crippen LogP contribution in [0.5, 0.6) is 0 Å². The van der Waals surface area contributed by atoms with Crippen molar-refractivity contribution in [3.05, 3.63) is 89.9 Å². The second kappa shape index (κ2) is 7.70. The van der Waals surface area contributed by atoms with Crippen LogP contribution in [0.3, 0.4) is 0 Å². The summed E-state index contributed by atoms with van der Waals surface area (Å²) in [6.45, 7) is 0.717. The molecule has 0 saturated heterocycles. The van der Waals surface area contributed by atoms with Gasteiger partial charge in [0.2, 0.25) is 0 Å². The van der Waals surface area contributed by atoms with E-state index in [9.17, 15) is 4.39 Å². The van der Waals surface area contributed by atoms with E-state index in [1.165, 1.54) is 18.3 Å². The molecule has 8 nitrogen and oxygen atoms in total. The number of oxime groups is 1. The summed E-state index contributed by atoms with van der Waals surface area (Å²) in [6, 6.07) is 16.0. The summed E-state index contributed by atoms with van der Waals surface area (Å²) in [7, 11) is 0. The maximum absolute atomic E-state index is 12.9. The Morgan fingerprint density at radius 2 is 1.87 bits per heavy atom. The summed E-state index contributed by atoms with van der Waals surface area (Å²) < 4.78 is 16.3. The second-order valence-corrected chi connectivity index (χ2v) is 6.63. The van der Waals surface area contributed by atoms with Gasteiger partial charge in [0.25, 0.3) is 0 Å². The van der Waals surface area contributed by atoms with E-state index >= 15 is 0 Å². The molecule has 9 heteroatoms. The molecule has 0 amide bonds. The van der Waals surface area contributed by atoms with Crippen molar-refractivity contribution in [3.63, 3.8) is 0 Å². The van der Waals surface area contributed by atoms with Crippen molar-refractivity contribution in [2.45, 2.75) is 13.2 Å². The SMILES string of the molecule is Fc1ccc(/C=N/OCc2nc3c4cnn(Cc5ccccc5)c4ncn3n2)cc1. The van der Waals surface area contributed by atoms with Gasteiger partial charge in [-0.2, -0.15) is 5.10 Å². The summed E-state index contributed by atoms with van der Waals surface area (Å²) in [5.41, 5.74) is 3.26. The number of halogens is 1. The molecule has 30 heavy (non-hydrogen) atoms. The van der Waals surface area contributed by atoms with Gasteiger partial charge in [0, 0.05) is 0 Å². The Kier molecular flexibility index (Phi) is 4.60. The lowest BCUT2D eigenvalue weighted by Crippen LogP contribution is -2.03. The topological polar surface area (TPSA) is 82.5 Å². The largest absolute Gasteiger partial charge is 0.387 e. The molecule has 0 aliphatic carbocycles. The monoisotopic (exact) mass is 401 g/mol. The van der Waals surface area contributed by atoms with Crippen LogP contribution in [0.4, 0.5) is 4.39 Å². The molecule has 0 bridgehead atoms. The van der Waals surface area contributed by atoms with Gasteiger partial charge in [0.05, 0.1) is 24.3 Å². The number of nitrogens with zero attached hydrogens (tertiary/aromatic N) is 7. The minimum atomic E-state index is -0.297. The molecule has 0 unspecified atom stereocenters. The molecule has 0 saturated carbocycles. The van der Waals surface area contributed by atoms with Crippen molar-refractivity contribution >= 4 is 22.9 Å². The van der Waals surface area contributed by atoms with Crippen molar-refractivity contribution in [2.24, 2.45) is 5.16 Å². The highest BCUT2D eigenvalue weighted by Gasteiger charge is 2.13. The van der Waals surface area contributed by atoms with Crippen molar-refractivity contribution in [2.75, 3.05) is 0 Å². The van der Waals surface area contributed by atoms with E-state index in [4.69, 9.17) is 4.84 Å². The number of rotatable bonds is 6. The normalized spacial score (nSPS) is 11.6. The quantitative estimate of drug-likeness (QED) is 0.322. The maximum Gasteiger partial charge on any atom is 0.192 e. The molecule has 2 aromatic carbocycles. The lowest BCUT2D eigenvalue weighted by Gasteiger charge is -2.02. The van der Waals surface area contributed by atoms with Crippen LogP contribution in [0.1, 0.15) is 17.0 Å². The van der Waals surface area contributed by atoms with Gasteiger partial charge < -0.3 is 4.84 Å². The molecule has 0 fully saturated rings. The molecule has 0 radical (unpaired) electrons. The average molecular weight is 401 g/mol. The standard InChI is InChI=1S/C21H16FN7O/c22-17-8-6-15(7-9-17)10-25-30-13-19-26-21-18-11-24-28(12-16-4-2-1-3-5-16)20(18)23-14-29(21)27-19/h1-11,14H,12-13H2/b25-10+. The lowest BCUT2D eigenvalue weighted by molar-refractivity contribution is 0.126. The Hall–Kier alpha value is -4.14. The number of fused-ring (bicyclic) bond motifs is 3. The predicted molar refractivity (Wildman–Crippen MR) is 108 cm³/mol. The van der Waals surface area contributed by atoms with Crippen LogP contribution in [0.15, 0.2) is 72.3 Å². The Bertz CT molecular complexity index is 1330. The van der Waals surface area contributed by atoms with Gasteiger partial charge in [-0.1, -0.05) is 47.6 Å². The van der Waals surface area contributed by atoms with Gasteiger partial charge in [-0.15, -0.1) is 5.10 Å². The van der Waals surface area contributed by atoms with Crippen LogP contribution >= 0.6 is 0 Å². The van der Waals surface area contributed by atoms with Crippen LogP contribution in [-0.2, 0) is 18.0 Å². The van der Waals surface area contributed by atoms with Crippen molar-refractivity contribution in [3.8, 4) is 0 Å². The third kappa shape index (κ3) is 3.60. The number of benzene rings is 2. The van der Waals surface area contributed by atoms with E-state index in [0.29, 0.717) is 18.0 Å². The highest BCUT2D eigenvalue weighted by Crippen LogP contribution is 2.17. The van der Waals surface area contributed by atoms with Gasteiger partial charge in [0.1, 0.15) is 12.1 Å². The fraction of sp³-hybridized carbons (Fsp3) is 0.0952. The van der Waals surface area contributed by atoms with Gasteiger partial charge in [-0.25, -0.2) is 23.6 Å². The Morgan fingerprint density at radius 3 is 2.70 bits per heavy atom. The molecule has 0 N–H and O–H groups in total. The number of aromatic nitrogens is 6. The first-order chi connectivity index (χ1) is 14.8. The van der Waals surface area contributed by atoms with E-state index in [0.717, 1.165) is 22.2 Å². The van der Waals surface area contributed by atoms with Crippen molar-refractivity contribution in [1.82, 2.24) is 29.4 Å². The zero-order valence-corrected chi connectivity index (χ0v) is 15.8. The van der Waals surface area contributed by atoms with Crippen LogP contribution < -0.4 is 0 Å². The molecule has 3 heterocycles. The van der Waals surface area contributed by atoms with Crippen LogP contribution in [0.25, 0.3) is 16.7 Å². The Morgan fingerprint density at radius 1 is 1.03 bits per heavy atom. The van der Waals surface area contributed by atoms with E-state index in [2.05, 4.69) is 25.3 Å². The zero-order valence-electron chi connectivity index (χ0n) is 15.8. The molecule has 0 aliphatic rings. The van der Waals surface area contributed by atoms with Gasteiger partial charge in [0.15, 0.2) is 23.7 Å². The van der Waals surface area contributed by atoms with Crippen LogP contribution in [-0.4, -0.2) is 35.6 Å². The third-order valence-corrected chi connectivity index (χ3v) is 4.53. The number of hydrogen-bond acceptors (Lipinski definition) is 6. The number of hydrogen-bond donors (Lipinski definition) is 0. The lowest BCUT2D eigenvalue weighted by atomic mass is 10.2. The first-order valence-electron chi connectivity index (χ1n) is 9.27. The van der Waals surface area contributed by atoms with E-state index in [-0.39, 0.29) is 12.4 Å². The van der Waals surface area contributed by atoms with Crippen molar-refractivity contribution in [1.29, 1.82) is 0 Å². The van der Waals surface area contributed by atoms with Gasteiger partial charge in [-0.3, -0.25) is 0 Å². The minimum Gasteiger partial charge on any atom is -0.387 e. The highest BCUT2D eigenvalue weighted by atomic mass is 19.1. The molecule has 5 rings (SSSR count). The molecule has 0 spiro atoms. The average Bonchev–Trinajstić information content (AvgIpc) is 3.37. The minimum absolute atomic E-state index is 0.0963. The maximum atomic E-state index is 12.9. The molecule has 148 valence electrons. The summed E-state index contributed by atoms with van der Waals surface area (Å²) in [5, 5.41) is 13.5. The summed E-state index contributed by atoms with van der Waals surface area (Å²) in [4.78, 5) is 14.3. The smallest absolute Gasteiger partial charge is 0.192 e. The third-order valence-electron chi connectivity index (χ3n) is 4.53. The molecular formula is C21H16FN7O. The molecule has 0 atom stereocenters. The second-order valence-electron chi connectivity index (χ2n) is 6.63. The molecule has 5 aromatic rings. The molecular weight excluding hydrogens is 385 g/mol. The molecule has 3 aromatic heterocycles. The molecule has 0 aliphatic heterocycles. The highest BCUT2D eigenvalue weighted by molar-refractivity contribution is 5.88. The summed E-state index contributed by atoms with van der Waals surface area (Å²) in [5.74, 6) is 0.172. The first-order valence-corrected chi connectivity index (χ1v) is 9.27. The first kappa shape index (κ1) is 17.9.